The first-order valence-corrected chi connectivity index (χ1v) is 9.29. The zero-order valence-electron chi connectivity index (χ0n) is 9.92. The van der Waals surface area contributed by atoms with Gasteiger partial charge in [-0.05, 0) is 0 Å². The first-order chi connectivity index (χ1) is 8.34. The van der Waals surface area contributed by atoms with Crippen LogP contribution in [0.3, 0.4) is 0 Å². The van der Waals surface area contributed by atoms with Crippen LogP contribution >= 0.6 is 22.6 Å². The molecule has 1 heterocycles. The molecule has 90 valence electrons. The van der Waals surface area contributed by atoms with Crippen molar-refractivity contribution in [2.24, 2.45) is 5.92 Å². The SMILES string of the molecule is Ic1c(CC2CCCCC2)[se]c2ccccc12. The van der Waals surface area contributed by atoms with Gasteiger partial charge in [-0.3, -0.25) is 0 Å². The topological polar surface area (TPSA) is 0 Å². The Labute approximate surface area is 123 Å². The van der Waals surface area contributed by atoms with Crippen molar-refractivity contribution in [1.82, 2.24) is 0 Å². The van der Waals surface area contributed by atoms with E-state index in [2.05, 4.69) is 46.9 Å². The first-order valence-electron chi connectivity index (χ1n) is 6.50. The van der Waals surface area contributed by atoms with Gasteiger partial charge in [0, 0.05) is 0 Å². The Morgan fingerprint density at radius 3 is 2.65 bits per heavy atom. The Balaban J connectivity index is 1.87. The third kappa shape index (κ3) is 2.64. The van der Waals surface area contributed by atoms with Crippen LogP contribution in [0.2, 0.25) is 0 Å². The quantitative estimate of drug-likeness (QED) is 0.507. The molecule has 2 heteroatoms. The summed E-state index contributed by atoms with van der Waals surface area (Å²) < 4.78 is 4.95. The fourth-order valence-corrected chi connectivity index (χ4v) is 7.06. The van der Waals surface area contributed by atoms with Gasteiger partial charge in [-0.1, -0.05) is 0 Å². The van der Waals surface area contributed by atoms with Gasteiger partial charge in [0.1, 0.15) is 0 Å². The summed E-state index contributed by atoms with van der Waals surface area (Å²) in [5.74, 6) is 0.986. The molecule has 0 amide bonds. The van der Waals surface area contributed by atoms with Crippen molar-refractivity contribution in [2.45, 2.75) is 38.5 Å². The van der Waals surface area contributed by atoms with E-state index in [0.29, 0.717) is 14.5 Å². The number of halogens is 1. The van der Waals surface area contributed by atoms with E-state index in [4.69, 9.17) is 0 Å². The monoisotopic (exact) mass is 404 g/mol. The number of benzene rings is 1. The summed E-state index contributed by atoms with van der Waals surface area (Å²) in [5, 5.41) is 1.53. The first kappa shape index (κ1) is 12.3. The molecule has 0 saturated heterocycles. The third-order valence-electron chi connectivity index (χ3n) is 3.80. The molecule has 0 nitrogen and oxygen atoms in total. The van der Waals surface area contributed by atoms with Gasteiger partial charge in [-0.25, -0.2) is 0 Å². The summed E-state index contributed by atoms with van der Waals surface area (Å²) in [6, 6.07) is 8.99. The molecule has 1 aliphatic carbocycles. The van der Waals surface area contributed by atoms with E-state index in [9.17, 15) is 0 Å². The summed E-state index contributed by atoms with van der Waals surface area (Å²) in [6.45, 7) is 0. The molecule has 1 saturated carbocycles. The molecule has 0 aliphatic heterocycles. The van der Waals surface area contributed by atoms with Gasteiger partial charge in [0.2, 0.25) is 0 Å². The maximum atomic E-state index is 2.58. The summed E-state index contributed by atoms with van der Waals surface area (Å²) in [6.07, 6.45) is 8.73. The van der Waals surface area contributed by atoms with E-state index in [-0.39, 0.29) is 0 Å². The Morgan fingerprint density at radius 1 is 1.12 bits per heavy atom. The van der Waals surface area contributed by atoms with Gasteiger partial charge >= 0.3 is 123 Å². The predicted molar refractivity (Wildman–Crippen MR) is 83.9 cm³/mol. The van der Waals surface area contributed by atoms with Crippen LogP contribution in [0.5, 0.6) is 0 Å². The summed E-state index contributed by atoms with van der Waals surface area (Å²) in [7, 11) is 0. The summed E-state index contributed by atoms with van der Waals surface area (Å²) in [5.41, 5.74) is 0. The van der Waals surface area contributed by atoms with Gasteiger partial charge in [0.15, 0.2) is 0 Å². The molecule has 2 aromatic rings. The van der Waals surface area contributed by atoms with Crippen molar-refractivity contribution in [3.05, 3.63) is 32.3 Å². The fraction of sp³-hybridized carbons (Fsp3) is 0.467. The van der Waals surface area contributed by atoms with Crippen molar-refractivity contribution in [2.75, 3.05) is 0 Å². The molecule has 0 radical (unpaired) electrons. The molecule has 3 rings (SSSR count). The Bertz CT molecular complexity index is 509. The van der Waals surface area contributed by atoms with Gasteiger partial charge in [-0.2, -0.15) is 0 Å². The molecule has 0 N–H and O–H groups in total. The van der Waals surface area contributed by atoms with Crippen molar-refractivity contribution in [1.29, 1.82) is 0 Å². The normalized spacial score (nSPS) is 17.7. The predicted octanol–water partition coefficient (Wildman–Crippen LogP) is 4.62. The van der Waals surface area contributed by atoms with Crippen molar-refractivity contribution < 1.29 is 0 Å². The van der Waals surface area contributed by atoms with Crippen LogP contribution in [0, 0.1) is 9.49 Å². The third-order valence-corrected chi connectivity index (χ3v) is 8.36. The minimum atomic E-state index is 0.616. The van der Waals surface area contributed by atoms with Crippen LogP contribution in [-0.2, 0) is 6.42 Å². The maximum absolute atomic E-state index is 2.58. The molecule has 1 aromatic carbocycles. The number of hydrogen-bond acceptors (Lipinski definition) is 0. The average Bonchev–Trinajstić information content (AvgIpc) is 2.68. The second-order valence-electron chi connectivity index (χ2n) is 5.04. The average molecular weight is 403 g/mol. The van der Waals surface area contributed by atoms with Crippen LogP contribution in [0.1, 0.15) is 36.5 Å². The molecule has 0 spiro atoms. The van der Waals surface area contributed by atoms with E-state index in [1.807, 2.05) is 0 Å². The molecule has 1 aliphatic rings. The summed E-state index contributed by atoms with van der Waals surface area (Å²) >= 11 is 3.19. The Hall–Kier alpha value is 0.209. The van der Waals surface area contributed by atoms with Crippen molar-refractivity contribution in [3.8, 4) is 0 Å². The summed E-state index contributed by atoms with van der Waals surface area (Å²) in [4.78, 5) is 0. The van der Waals surface area contributed by atoms with E-state index in [1.165, 1.54) is 43.9 Å². The molecule has 0 atom stereocenters. The minimum absolute atomic E-state index is 0.616. The molecule has 1 fully saturated rings. The molecule has 0 bridgehead atoms. The molecular formula is C15H17ISe. The van der Waals surface area contributed by atoms with E-state index in [0.717, 1.165) is 5.92 Å². The number of rotatable bonds is 2. The van der Waals surface area contributed by atoms with Crippen LogP contribution in [0.15, 0.2) is 24.3 Å². The molecule has 17 heavy (non-hydrogen) atoms. The van der Waals surface area contributed by atoms with Crippen LogP contribution in [-0.4, -0.2) is 14.5 Å². The van der Waals surface area contributed by atoms with Gasteiger partial charge in [-0.15, -0.1) is 0 Å². The molecule has 1 aromatic heterocycles. The Kier molecular flexibility index (Phi) is 3.93. The van der Waals surface area contributed by atoms with Crippen molar-refractivity contribution >= 4 is 46.7 Å². The second-order valence-corrected chi connectivity index (χ2v) is 8.51. The van der Waals surface area contributed by atoms with Gasteiger partial charge in [0.25, 0.3) is 0 Å². The van der Waals surface area contributed by atoms with Gasteiger partial charge in [0.05, 0.1) is 0 Å². The number of fused-ring (bicyclic) bond motifs is 1. The fourth-order valence-electron chi connectivity index (χ4n) is 2.85. The van der Waals surface area contributed by atoms with Gasteiger partial charge < -0.3 is 0 Å². The van der Waals surface area contributed by atoms with E-state index < -0.39 is 0 Å². The second kappa shape index (κ2) is 5.46. The van der Waals surface area contributed by atoms with Crippen LogP contribution in [0.25, 0.3) is 9.65 Å². The standard InChI is InChI=1S/C15H17ISe/c16-15-12-8-4-5-9-13(12)17-14(15)10-11-6-2-1-3-7-11/h4-5,8-9,11H,1-3,6-7,10H2. The molecular weight excluding hydrogens is 386 g/mol. The van der Waals surface area contributed by atoms with Crippen molar-refractivity contribution in [3.63, 3.8) is 0 Å². The number of hydrogen-bond donors (Lipinski definition) is 0. The Morgan fingerprint density at radius 2 is 1.88 bits per heavy atom. The van der Waals surface area contributed by atoms with E-state index in [1.54, 1.807) is 12.3 Å². The zero-order chi connectivity index (χ0) is 11.7. The zero-order valence-corrected chi connectivity index (χ0v) is 13.8. The van der Waals surface area contributed by atoms with Crippen LogP contribution < -0.4 is 0 Å². The molecule has 0 unspecified atom stereocenters. The van der Waals surface area contributed by atoms with E-state index >= 15 is 0 Å². The van der Waals surface area contributed by atoms with Crippen LogP contribution in [0.4, 0.5) is 0 Å².